The smallest absolute Gasteiger partial charge is 0.160 e. The molecule has 8 bridgehead atoms. The standard InChI is InChI=1S/C36H42N8/c1-19(2)14-16-22-21(4)29-37-30(22)39-36-28-18-20(3)15-17-27(28)35(44-36)43-34-26-13-9-8-12-25(26)33(42-34)41-32-24-11-7-5-6-10-23(24)31(38-29)40-32/h8-9,12-13,19-20H,5-7,10-11,14-18H2,1-4H3,(H4,37,38,39,40,41,42,43,44)/t20-/m1/s1. The van der Waals surface area contributed by atoms with Gasteiger partial charge in [-0.15, -0.1) is 0 Å². The molecule has 226 valence electrons. The van der Waals surface area contributed by atoms with Gasteiger partial charge in [-0.25, -0.2) is 20.0 Å². The van der Waals surface area contributed by atoms with E-state index in [-0.39, 0.29) is 0 Å². The van der Waals surface area contributed by atoms with Gasteiger partial charge in [0.2, 0.25) is 0 Å². The zero-order valence-corrected chi connectivity index (χ0v) is 26.3. The van der Waals surface area contributed by atoms with Gasteiger partial charge in [-0.1, -0.05) is 51.5 Å². The second kappa shape index (κ2) is 10.8. The Labute approximate surface area is 259 Å². The van der Waals surface area contributed by atoms with Crippen LogP contribution in [0.5, 0.6) is 0 Å². The lowest BCUT2D eigenvalue weighted by atomic mass is 9.85. The number of nitrogens with one attached hydrogen (secondary N) is 4. The predicted molar refractivity (Wildman–Crippen MR) is 183 cm³/mol. The molecule has 8 heteroatoms. The third-order valence-electron chi connectivity index (χ3n) is 10.0. The molecular weight excluding hydrogens is 544 g/mol. The minimum Gasteiger partial charge on any atom is -0.327 e. The molecule has 1 atom stereocenters. The quantitative estimate of drug-likeness (QED) is 0.246. The van der Waals surface area contributed by atoms with Gasteiger partial charge in [0.1, 0.15) is 34.9 Å². The maximum atomic E-state index is 5.31. The monoisotopic (exact) mass is 586 g/mol. The molecule has 5 heterocycles. The number of aromatic amines is 2. The Balaban J connectivity index is 1.35. The Morgan fingerprint density at radius 2 is 1.39 bits per heavy atom. The zero-order valence-electron chi connectivity index (χ0n) is 26.3. The number of aromatic nitrogens is 2. The first-order chi connectivity index (χ1) is 21.4. The molecule has 1 aromatic carbocycles. The number of hydrogen-bond donors (Lipinski definition) is 4. The van der Waals surface area contributed by atoms with Crippen molar-refractivity contribution in [2.45, 2.75) is 91.9 Å². The number of H-pyrrole nitrogens is 2. The van der Waals surface area contributed by atoms with Gasteiger partial charge in [-0.2, -0.15) is 0 Å². The highest BCUT2D eigenvalue weighted by atomic mass is 15.2. The number of hydrogen-bond acceptors (Lipinski definition) is 6. The van der Waals surface area contributed by atoms with Gasteiger partial charge in [0.25, 0.3) is 0 Å². The Morgan fingerprint density at radius 1 is 0.750 bits per heavy atom. The zero-order chi connectivity index (χ0) is 29.9. The Morgan fingerprint density at radius 3 is 2.09 bits per heavy atom. The van der Waals surface area contributed by atoms with Crippen LogP contribution in [0.1, 0.15) is 89.7 Å². The lowest BCUT2D eigenvalue weighted by Crippen LogP contribution is -2.17. The molecular formula is C36H42N8. The molecule has 0 fully saturated rings. The second-order valence-electron chi connectivity index (χ2n) is 13.6. The summed E-state index contributed by atoms with van der Waals surface area (Å²) < 4.78 is 0. The highest BCUT2D eigenvalue weighted by molar-refractivity contribution is 6.28. The van der Waals surface area contributed by atoms with Gasteiger partial charge in [0.15, 0.2) is 11.7 Å². The summed E-state index contributed by atoms with van der Waals surface area (Å²) in [6.45, 7) is 9.10. The maximum absolute atomic E-state index is 5.31. The number of aliphatic imine (C=N–C) groups is 4. The van der Waals surface area contributed by atoms with Gasteiger partial charge in [-0.05, 0) is 82.1 Å². The predicted octanol–water partition coefficient (Wildman–Crippen LogP) is 9.19. The number of anilines is 2. The van der Waals surface area contributed by atoms with E-state index in [1.54, 1.807) is 0 Å². The van der Waals surface area contributed by atoms with E-state index in [0.29, 0.717) is 11.8 Å². The average Bonchev–Trinajstić information content (AvgIpc) is 3.64. The van der Waals surface area contributed by atoms with Crippen LogP contribution in [-0.2, 0) is 6.42 Å². The summed E-state index contributed by atoms with van der Waals surface area (Å²) in [5.74, 6) is 8.34. The molecule has 2 aromatic heterocycles. The summed E-state index contributed by atoms with van der Waals surface area (Å²) in [6, 6.07) is 8.52. The Kier molecular flexibility index (Phi) is 6.69. The molecule has 2 aliphatic carbocycles. The molecule has 0 saturated carbocycles. The molecule has 4 N–H and O–H groups in total. The van der Waals surface area contributed by atoms with Crippen LogP contribution in [0, 0.1) is 18.8 Å². The molecule has 0 unspecified atom stereocenters. The average molecular weight is 587 g/mol. The van der Waals surface area contributed by atoms with Crippen LogP contribution >= 0.6 is 0 Å². The van der Waals surface area contributed by atoms with Crippen molar-refractivity contribution in [3.05, 3.63) is 57.7 Å². The van der Waals surface area contributed by atoms with Crippen molar-refractivity contribution >= 4 is 57.4 Å². The van der Waals surface area contributed by atoms with Crippen molar-refractivity contribution < 1.29 is 0 Å². The topological polar surface area (TPSA) is 105 Å². The first kappa shape index (κ1) is 27.4. The van der Waals surface area contributed by atoms with E-state index in [4.69, 9.17) is 20.0 Å². The van der Waals surface area contributed by atoms with E-state index in [9.17, 15) is 0 Å². The van der Waals surface area contributed by atoms with E-state index < -0.39 is 0 Å². The summed E-state index contributed by atoms with van der Waals surface area (Å²) in [5.41, 5.74) is 7.57. The van der Waals surface area contributed by atoms with Gasteiger partial charge < -0.3 is 20.6 Å². The van der Waals surface area contributed by atoms with Crippen LogP contribution in [0.3, 0.4) is 0 Å². The number of rotatable bonds is 3. The van der Waals surface area contributed by atoms with Crippen molar-refractivity contribution in [3.8, 4) is 0 Å². The van der Waals surface area contributed by atoms with Crippen LogP contribution in [-0.4, -0.2) is 33.3 Å². The van der Waals surface area contributed by atoms with E-state index in [0.717, 1.165) is 102 Å². The minimum absolute atomic E-state index is 0.599. The highest BCUT2D eigenvalue weighted by Gasteiger charge is 2.32. The molecule has 3 aliphatic heterocycles. The van der Waals surface area contributed by atoms with Crippen LogP contribution in [0.4, 0.5) is 23.3 Å². The van der Waals surface area contributed by atoms with Crippen molar-refractivity contribution in [1.82, 2.24) is 9.97 Å². The first-order valence-electron chi connectivity index (χ1n) is 16.6. The van der Waals surface area contributed by atoms with Crippen LogP contribution in [0.15, 0.2) is 66.5 Å². The molecule has 0 amide bonds. The Bertz CT molecular complexity index is 1870. The van der Waals surface area contributed by atoms with Crippen LogP contribution in [0.25, 0.3) is 10.8 Å². The number of benzene rings is 1. The highest BCUT2D eigenvalue weighted by Crippen LogP contribution is 2.41. The minimum atomic E-state index is 0.599. The molecule has 5 aliphatic rings. The molecule has 3 aromatic rings. The molecule has 0 saturated heterocycles. The maximum Gasteiger partial charge on any atom is 0.160 e. The summed E-state index contributed by atoms with van der Waals surface area (Å²) in [7, 11) is 0. The molecule has 44 heavy (non-hydrogen) atoms. The van der Waals surface area contributed by atoms with Crippen molar-refractivity contribution in [2.75, 3.05) is 10.6 Å². The van der Waals surface area contributed by atoms with Crippen molar-refractivity contribution in [3.63, 3.8) is 0 Å². The second-order valence-corrected chi connectivity index (χ2v) is 13.6. The molecule has 0 radical (unpaired) electrons. The van der Waals surface area contributed by atoms with Gasteiger partial charge >= 0.3 is 0 Å². The summed E-state index contributed by atoms with van der Waals surface area (Å²) in [4.78, 5) is 28.3. The number of fused-ring (bicyclic) bond motifs is 13. The fourth-order valence-corrected chi connectivity index (χ4v) is 7.44. The largest absolute Gasteiger partial charge is 0.327 e. The fraction of sp³-hybridized carbons (Fsp3) is 0.444. The SMILES string of the molecule is Cc1c2[nH]c(c1CCC(C)C)N=C1N=C(Nc3[nH]c(c4ccccc34)NC3=NC(=N2)C2=C3CCCCC2)C2=C1C[C@H](C)CC2. The summed E-state index contributed by atoms with van der Waals surface area (Å²) >= 11 is 0. The van der Waals surface area contributed by atoms with E-state index in [1.165, 1.54) is 52.7 Å². The van der Waals surface area contributed by atoms with E-state index >= 15 is 0 Å². The molecule has 0 spiro atoms. The lowest BCUT2D eigenvalue weighted by Gasteiger charge is -2.21. The van der Waals surface area contributed by atoms with E-state index in [2.05, 4.69) is 72.6 Å². The van der Waals surface area contributed by atoms with Gasteiger partial charge in [-0.3, -0.25) is 0 Å². The number of amidine groups is 4. The lowest BCUT2D eigenvalue weighted by molar-refractivity contribution is 0.514. The third kappa shape index (κ3) is 4.66. The fourth-order valence-electron chi connectivity index (χ4n) is 7.44. The summed E-state index contributed by atoms with van der Waals surface area (Å²) in [6.07, 6.45) is 10.8. The van der Waals surface area contributed by atoms with Crippen molar-refractivity contribution in [1.29, 1.82) is 0 Å². The molecule has 8 rings (SSSR count). The van der Waals surface area contributed by atoms with Crippen LogP contribution in [0.2, 0.25) is 0 Å². The third-order valence-corrected chi connectivity index (χ3v) is 10.0. The first-order valence-corrected chi connectivity index (χ1v) is 16.6. The summed E-state index contributed by atoms with van der Waals surface area (Å²) in [5, 5.41) is 9.72. The van der Waals surface area contributed by atoms with Gasteiger partial charge in [0.05, 0.1) is 0 Å². The normalized spacial score (nSPS) is 21.3. The number of nitrogens with zero attached hydrogens (tertiary/aromatic N) is 4. The van der Waals surface area contributed by atoms with Crippen molar-refractivity contribution in [2.24, 2.45) is 31.8 Å². The molecule has 8 nitrogen and oxygen atoms in total. The van der Waals surface area contributed by atoms with E-state index in [1.807, 2.05) is 0 Å². The Hall–Kier alpha value is -4.20. The van der Waals surface area contributed by atoms with Gasteiger partial charge in [0, 0.05) is 38.6 Å². The van der Waals surface area contributed by atoms with Crippen LogP contribution < -0.4 is 10.6 Å².